The number of thioether (sulfide) groups is 1. The third-order valence-electron chi connectivity index (χ3n) is 5.12. The first-order chi connectivity index (χ1) is 8.77. The normalized spacial score (nSPS) is 36.8. The second-order valence-electron chi connectivity index (χ2n) is 6.29. The first kappa shape index (κ1) is 13.0. The molecule has 0 aromatic rings. The molecule has 2 saturated heterocycles. The largest absolute Gasteiger partial charge is 0.375 e. The third-order valence-corrected chi connectivity index (χ3v) is 6.11. The van der Waals surface area contributed by atoms with Gasteiger partial charge in [0.05, 0.1) is 5.60 Å². The molecule has 3 aliphatic rings. The third kappa shape index (κ3) is 2.77. The van der Waals surface area contributed by atoms with Crippen LogP contribution in [0.1, 0.15) is 51.4 Å². The molecule has 0 aromatic carbocycles. The van der Waals surface area contributed by atoms with Crippen molar-refractivity contribution < 1.29 is 9.53 Å². The fourth-order valence-corrected chi connectivity index (χ4v) is 5.26. The number of hydrogen-bond donors (Lipinski definition) is 0. The maximum atomic E-state index is 11.6. The molecule has 0 N–H and O–H groups in total. The Hall–Kier alpha value is -0.0200. The van der Waals surface area contributed by atoms with E-state index < -0.39 is 0 Å². The number of hydrogen-bond acceptors (Lipinski definition) is 3. The lowest BCUT2D eigenvalue weighted by Gasteiger charge is -2.45. The van der Waals surface area contributed by atoms with Gasteiger partial charge in [0.2, 0.25) is 0 Å². The van der Waals surface area contributed by atoms with Crippen LogP contribution in [0.4, 0.5) is 0 Å². The molecule has 0 bridgehead atoms. The van der Waals surface area contributed by atoms with E-state index >= 15 is 0 Å². The summed E-state index contributed by atoms with van der Waals surface area (Å²) in [6.45, 7) is 0.931. The Bertz CT molecular complexity index is 304. The molecule has 0 radical (unpaired) electrons. The van der Waals surface area contributed by atoms with Crippen molar-refractivity contribution in [2.45, 2.75) is 57.0 Å². The first-order valence-corrected chi connectivity index (χ1v) is 8.66. The predicted octanol–water partition coefficient (Wildman–Crippen LogP) is 3.44. The van der Waals surface area contributed by atoms with Crippen LogP contribution in [0.25, 0.3) is 0 Å². The van der Waals surface area contributed by atoms with Crippen molar-refractivity contribution in [1.82, 2.24) is 0 Å². The summed E-state index contributed by atoms with van der Waals surface area (Å²) >= 11 is 2.07. The Balaban J connectivity index is 1.64. The zero-order chi connectivity index (χ0) is 12.4. The van der Waals surface area contributed by atoms with Gasteiger partial charge in [0.25, 0.3) is 0 Å². The predicted molar refractivity (Wildman–Crippen MR) is 74.9 cm³/mol. The van der Waals surface area contributed by atoms with Gasteiger partial charge in [-0.3, -0.25) is 4.79 Å². The van der Waals surface area contributed by atoms with Crippen molar-refractivity contribution in [3.63, 3.8) is 0 Å². The lowest BCUT2D eigenvalue weighted by molar-refractivity contribution is -0.128. The maximum absolute atomic E-state index is 11.6. The minimum atomic E-state index is 0.189. The van der Waals surface area contributed by atoms with Gasteiger partial charge in [0, 0.05) is 19.4 Å². The number of carbonyl (C=O) groups is 1. The van der Waals surface area contributed by atoms with Gasteiger partial charge in [-0.25, -0.2) is 0 Å². The van der Waals surface area contributed by atoms with Crippen LogP contribution in [0.2, 0.25) is 0 Å². The van der Waals surface area contributed by atoms with Crippen molar-refractivity contribution >= 4 is 17.5 Å². The SMILES string of the molecule is O=C1CCCC(C2CCOC3(CCSCC3)C2)C1. The zero-order valence-electron chi connectivity index (χ0n) is 11.2. The van der Waals surface area contributed by atoms with Crippen LogP contribution in [-0.4, -0.2) is 29.5 Å². The summed E-state index contributed by atoms with van der Waals surface area (Å²) in [5.41, 5.74) is 0.189. The Morgan fingerprint density at radius 2 is 2.00 bits per heavy atom. The molecule has 2 heterocycles. The molecule has 2 aliphatic heterocycles. The molecule has 3 fully saturated rings. The van der Waals surface area contributed by atoms with Crippen LogP contribution >= 0.6 is 11.8 Å². The molecule has 0 aromatic heterocycles. The van der Waals surface area contributed by atoms with E-state index in [1.807, 2.05) is 0 Å². The van der Waals surface area contributed by atoms with Gasteiger partial charge in [-0.2, -0.15) is 11.8 Å². The van der Waals surface area contributed by atoms with Crippen LogP contribution in [0, 0.1) is 11.8 Å². The Kier molecular flexibility index (Phi) is 4.00. The van der Waals surface area contributed by atoms with Gasteiger partial charge in [-0.15, -0.1) is 0 Å². The van der Waals surface area contributed by atoms with Crippen molar-refractivity contribution in [2.24, 2.45) is 11.8 Å². The quantitative estimate of drug-likeness (QED) is 0.729. The molecular weight excluding hydrogens is 244 g/mol. The highest BCUT2D eigenvalue weighted by Crippen LogP contribution is 2.44. The summed E-state index contributed by atoms with van der Waals surface area (Å²) < 4.78 is 6.16. The summed E-state index contributed by atoms with van der Waals surface area (Å²) in [6, 6.07) is 0. The molecule has 3 heteroatoms. The summed E-state index contributed by atoms with van der Waals surface area (Å²) in [6.07, 6.45) is 8.98. The second-order valence-corrected chi connectivity index (χ2v) is 7.52. The van der Waals surface area contributed by atoms with Gasteiger partial charge in [0.1, 0.15) is 5.78 Å². The van der Waals surface area contributed by atoms with Crippen molar-refractivity contribution in [3.05, 3.63) is 0 Å². The molecule has 1 saturated carbocycles. The molecular formula is C15H24O2S. The van der Waals surface area contributed by atoms with Crippen molar-refractivity contribution in [2.75, 3.05) is 18.1 Å². The van der Waals surface area contributed by atoms with Crippen molar-refractivity contribution in [1.29, 1.82) is 0 Å². The van der Waals surface area contributed by atoms with E-state index in [0.29, 0.717) is 11.7 Å². The minimum absolute atomic E-state index is 0.189. The highest BCUT2D eigenvalue weighted by atomic mass is 32.2. The topological polar surface area (TPSA) is 26.3 Å². The van der Waals surface area contributed by atoms with Crippen LogP contribution in [-0.2, 0) is 9.53 Å². The number of ether oxygens (including phenoxy) is 1. The van der Waals surface area contributed by atoms with E-state index in [1.54, 1.807) is 0 Å². The van der Waals surface area contributed by atoms with Crippen molar-refractivity contribution in [3.8, 4) is 0 Å². The fraction of sp³-hybridized carbons (Fsp3) is 0.933. The molecule has 1 spiro atoms. The van der Waals surface area contributed by atoms with Gasteiger partial charge in [0.15, 0.2) is 0 Å². The number of rotatable bonds is 1. The molecule has 18 heavy (non-hydrogen) atoms. The van der Waals surface area contributed by atoms with Gasteiger partial charge >= 0.3 is 0 Å². The second kappa shape index (κ2) is 5.54. The van der Waals surface area contributed by atoms with Crippen LogP contribution in [0.5, 0.6) is 0 Å². The highest BCUT2D eigenvalue weighted by Gasteiger charge is 2.41. The molecule has 2 nitrogen and oxygen atoms in total. The summed E-state index contributed by atoms with van der Waals surface area (Å²) in [5.74, 6) is 4.45. The van der Waals surface area contributed by atoms with Crippen LogP contribution in [0.3, 0.4) is 0 Å². The number of Topliss-reactive ketones (excluding diaryl/α,β-unsaturated/α-hetero) is 1. The van der Waals surface area contributed by atoms with Crippen LogP contribution < -0.4 is 0 Å². The lowest BCUT2D eigenvalue weighted by Crippen LogP contribution is -2.44. The van der Waals surface area contributed by atoms with Gasteiger partial charge in [-0.05, 0) is 61.9 Å². The van der Waals surface area contributed by atoms with Gasteiger partial charge in [-0.1, -0.05) is 0 Å². The Morgan fingerprint density at radius 3 is 2.78 bits per heavy atom. The number of carbonyl (C=O) groups excluding carboxylic acids is 1. The molecule has 3 rings (SSSR count). The van der Waals surface area contributed by atoms with E-state index in [2.05, 4.69) is 11.8 Å². The van der Waals surface area contributed by atoms with Crippen LogP contribution in [0.15, 0.2) is 0 Å². The summed E-state index contributed by atoms with van der Waals surface area (Å²) in [4.78, 5) is 11.6. The summed E-state index contributed by atoms with van der Waals surface area (Å²) in [7, 11) is 0. The molecule has 0 amide bonds. The molecule has 2 atom stereocenters. The Morgan fingerprint density at radius 1 is 1.17 bits per heavy atom. The van der Waals surface area contributed by atoms with E-state index in [1.165, 1.54) is 43.6 Å². The van der Waals surface area contributed by atoms with E-state index in [9.17, 15) is 4.79 Å². The molecule has 2 unspecified atom stereocenters. The maximum Gasteiger partial charge on any atom is 0.133 e. The van der Waals surface area contributed by atoms with Gasteiger partial charge < -0.3 is 4.74 Å². The molecule has 102 valence electrons. The lowest BCUT2D eigenvalue weighted by atomic mass is 9.71. The first-order valence-electron chi connectivity index (χ1n) is 7.51. The molecule has 1 aliphatic carbocycles. The standard InChI is InChI=1S/C15H24O2S/c16-14-3-1-2-12(10-14)13-4-7-17-15(11-13)5-8-18-9-6-15/h12-13H,1-11H2. The van der Waals surface area contributed by atoms with E-state index in [4.69, 9.17) is 4.74 Å². The minimum Gasteiger partial charge on any atom is -0.375 e. The van der Waals surface area contributed by atoms with E-state index in [0.717, 1.165) is 31.8 Å². The number of ketones is 1. The smallest absolute Gasteiger partial charge is 0.133 e. The monoisotopic (exact) mass is 268 g/mol. The summed E-state index contributed by atoms with van der Waals surface area (Å²) in [5, 5.41) is 0. The highest BCUT2D eigenvalue weighted by molar-refractivity contribution is 7.99. The zero-order valence-corrected chi connectivity index (χ0v) is 12.0. The van der Waals surface area contributed by atoms with E-state index in [-0.39, 0.29) is 5.60 Å². The fourth-order valence-electron chi connectivity index (χ4n) is 4.02. The average molecular weight is 268 g/mol. The Labute approximate surface area is 114 Å². The average Bonchev–Trinajstić information content (AvgIpc) is 2.40.